The summed E-state index contributed by atoms with van der Waals surface area (Å²) >= 11 is 0. The van der Waals surface area contributed by atoms with E-state index in [-0.39, 0.29) is 0 Å². The van der Waals surface area contributed by atoms with E-state index in [1.165, 1.54) is 0 Å². The zero-order valence-electron chi connectivity index (χ0n) is 15.6. The molecule has 2 heterocycles. The summed E-state index contributed by atoms with van der Waals surface area (Å²) in [5, 5.41) is 0. The minimum absolute atomic E-state index is 0.366. The molecular weight excluding hydrogens is 348 g/mol. The number of nitrogens with zero attached hydrogens (tertiary/aromatic N) is 3. The number of benzene rings is 1. The van der Waals surface area contributed by atoms with Crippen molar-refractivity contribution in [3.8, 4) is 0 Å². The van der Waals surface area contributed by atoms with Gasteiger partial charge in [0, 0.05) is 26.2 Å². The fraction of sp³-hybridized carbons (Fsp3) is 0.632. The predicted octanol–water partition coefficient (Wildman–Crippen LogP) is 2.41. The van der Waals surface area contributed by atoms with Gasteiger partial charge >= 0.3 is 0 Å². The lowest BCUT2D eigenvalue weighted by Crippen LogP contribution is -2.42. The molecule has 0 aliphatic carbocycles. The Bertz CT molecular complexity index is 716. The van der Waals surface area contributed by atoms with E-state index in [1.54, 1.807) is 16.4 Å². The largest absolute Gasteiger partial charge is 0.370 e. The van der Waals surface area contributed by atoms with Crippen LogP contribution in [0.25, 0.3) is 0 Å². The number of sulfonamides is 1. The van der Waals surface area contributed by atoms with Crippen LogP contribution in [0, 0.1) is 5.92 Å². The number of likely N-dealkylation sites (tertiary alicyclic amines) is 1. The number of nitrogens with two attached hydrogens (primary N) is 1. The first-order valence-electron chi connectivity index (χ1n) is 9.61. The minimum atomic E-state index is -3.37. The van der Waals surface area contributed by atoms with Crippen LogP contribution in [-0.2, 0) is 16.6 Å². The van der Waals surface area contributed by atoms with Crippen LogP contribution >= 0.6 is 0 Å². The highest BCUT2D eigenvalue weighted by Crippen LogP contribution is 2.21. The molecule has 2 aliphatic rings. The number of guanidine groups is 1. The van der Waals surface area contributed by atoms with Crippen LogP contribution in [0.5, 0.6) is 0 Å². The van der Waals surface area contributed by atoms with Crippen molar-refractivity contribution in [2.24, 2.45) is 16.6 Å². The number of rotatable bonds is 4. The van der Waals surface area contributed by atoms with Crippen LogP contribution < -0.4 is 5.73 Å². The molecule has 0 amide bonds. The summed E-state index contributed by atoms with van der Waals surface area (Å²) in [6, 6.07) is 7.05. The second-order valence-corrected chi connectivity index (χ2v) is 9.39. The summed E-state index contributed by atoms with van der Waals surface area (Å²) in [5.41, 5.74) is 7.08. The van der Waals surface area contributed by atoms with Crippen molar-refractivity contribution in [2.75, 3.05) is 26.2 Å². The Hall–Kier alpha value is -1.60. The quantitative estimate of drug-likeness (QED) is 0.645. The van der Waals surface area contributed by atoms with Gasteiger partial charge in [0.15, 0.2) is 5.96 Å². The van der Waals surface area contributed by atoms with Crippen molar-refractivity contribution in [1.82, 2.24) is 9.21 Å². The van der Waals surface area contributed by atoms with Gasteiger partial charge in [0.2, 0.25) is 10.0 Å². The molecule has 0 aromatic heterocycles. The number of piperidine rings is 2. The molecule has 0 radical (unpaired) electrons. The van der Waals surface area contributed by atoms with Gasteiger partial charge in [-0.2, -0.15) is 4.31 Å². The Labute approximate surface area is 157 Å². The normalized spacial score (nSPS) is 21.1. The van der Waals surface area contributed by atoms with E-state index in [0.29, 0.717) is 30.5 Å². The van der Waals surface area contributed by atoms with Crippen LogP contribution in [0.2, 0.25) is 0 Å². The van der Waals surface area contributed by atoms with Gasteiger partial charge in [-0.3, -0.25) is 0 Å². The smallest absolute Gasteiger partial charge is 0.243 e. The molecule has 7 heteroatoms. The van der Waals surface area contributed by atoms with Gasteiger partial charge in [-0.05, 0) is 49.3 Å². The maximum absolute atomic E-state index is 12.7. The van der Waals surface area contributed by atoms with Crippen LogP contribution in [0.15, 0.2) is 34.2 Å². The predicted molar refractivity (Wildman–Crippen MR) is 104 cm³/mol. The van der Waals surface area contributed by atoms with E-state index in [9.17, 15) is 8.42 Å². The lowest BCUT2D eigenvalue weighted by Gasteiger charge is -2.31. The average molecular weight is 379 g/mol. The van der Waals surface area contributed by atoms with Gasteiger partial charge in [-0.15, -0.1) is 0 Å². The highest BCUT2D eigenvalue weighted by Gasteiger charge is 2.25. The summed E-state index contributed by atoms with van der Waals surface area (Å²) < 4.78 is 26.9. The van der Waals surface area contributed by atoms with Gasteiger partial charge in [-0.25, -0.2) is 13.4 Å². The molecule has 0 saturated carbocycles. The zero-order valence-corrected chi connectivity index (χ0v) is 16.4. The fourth-order valence-corrected chi connectivity index (χ4v) is 5.05. The van der Waals surface area contributed by atoms with Crippen molar-refractivity contribution >= 4 is 16.0 Å². The summed E-state index contributed by atoms with van der Waals surface area (Å²) in [6.07, 6.45) is 5.31. The standard InChI is InChI=1S/C19H30N4O2S/c1-16-9-13-22(14-10-16)19(20)21-15-17-5-7-18(8-6-17)26(24,25)23-11-3-2-4-12-23/h5-8,16H,2-4,9-15H2,1H3,(H2,20,21). The Morgan fingerprint density at radius 2 is 1.69 bits per heavy atom. The maximum atomic E-state index is 12.7. The Balaban J connectivity index is 1.61. The van der Waals surface area contributed by atoms with Gasteiger partial charge in [0.1, 0.15) is 0 Å². The lowest BCUT2D eigenvalue weighted by molar-refractivity contribution is 0.277. The topological polar surface area (TPSA) is 79.0 Å². The highest BCUT2D eigenvalue weighted by molar-refractivity contribution is 7.89. The van der Waals surface area contributed by atoms with Gasteiger partial charge in [0.25, 0.3) is 0 Å². The Morgan fingerprint density at radius 1 is 1.08 bits per heavy atom. The lowest BCUT2D eigenvalue weighted by atomic mass is 10.00. The second-order valence-electron chi connectivity index (χ2n) is 7.45. The molecule has 144 valence electrons. The van der Waals surface area contributed by atoms with E-state index < -0.39 is 10.0 Å². The van der Waals surface area contributed by atoms with Gasteiger partial charge in [-0.1, -0.05) is 25.5 Å². The van der Waals surface area contributed by atoms with Gasteiger partial charge < -0.3 is 10.6 Å². The molecule has 1 aromatic rings. The number of hydrogen-bond donors (Lipinski definition) is 1. The SMILES string of the molecule is CC1CCN(C(N)=NCc2ccc(S(=O)(=O)N3CCCCC3)cc2)CC1. The highest BCUT2D eigenvalue weighted by atomic mass is 32.2. The third-order valence-electron chi connectivity index (χ3n) is 5.41. The maximum Gasteiger partial charge on any atom is 0.243 e. The van der Waals surface area contributed by atoms with E-state index in [1.807, 2.05) is 12.1 Å². The minimum Gasteiger partial charge on any atom is -0.370 e. The van der Waals surface area contributed by atoms with E-state index >= 15 is 0 Å². The van der Waals surface area contributed by atoms with Crippen molar-refractivity contribution in [3.05, 3.63) is 29.8 Å². The van der Waals surface area contributed by atoms with Crippen LogP contribution in [-0.4, -0.2) is 49.8 Å². The van der Waals surface area contributed by atoms with Crippen LogP contribution in [0.1, 0.15) is 44.6 Å². The Kier molecular flexibility index (Phi) is 6.19. The first-order valence-corrected chi connectivity index (χ1v) is 11.0. The van der Waals surface area contributed by atoms with Crippen molar-refractivity contribution in [1.29, 1.82) is 0 Å². The van der Waals surface area contributed by atoms with Crippen molar-refractivity contribution < 1.29 is 8.42 Å². The zero-order chi connectivity index (χ0) is 18.6. The van der Waals surface area contributed by atoms with E-state index in [2.05, 4.69) is 16.8 Å². The molecular formula is C19H30N4O2S. The third-order valence-corrected chi connectivity index (χ3v) is 7.32. The monoisotopic (exact) mass is 378 g/mol. The summed E-state index contributed by atoms with van der Waals surface area (Å²) in [4.78, 5) is 6.99. The molecule has 26 heavy (non-hydrogen) atoms. The number of aliphatic imine (C=N–C) groups is 1. The fourth-order valence-electron chi connectivity index (χ4n) is 3.53. The molecule has 0 bridgehead atoms. The molecule has 1 aromatic carbocycles. The molecule has 2 saturated heterocycles. The Morgan fingerprint density at radius 3 is 2.31 bits per heavy atom. The van der Waals surface area contributed by atoms with E-state index in [4.69, 9.17) is 5.73 Å². The molecule has 2 aliphatic heterocycles. The molecule has 2 fully saturated rings. The summed E-state index contributed by atoms with van der Waals surface area (Å²) in [6.45, 7) is 5.91. The van der Waals surface area contributed by atoms with Gasteiger partial charge in [0.05, 0.1) is 11.4 Å². The first-order chi connectivity index (χ1) is 12.5. The number of hydrogen-bond acceptors (Lipinski definition) is 3. The van der Waals surface area contributed by atoms with Crippen LogP contribution in [0.3, 0.4) is 0 Å². The van der Waals surface area contributed by atoms with Crippen LogP contribution in [0.4, 0.5) is 0 Å². The molecule has 0 atom stereocenters. The van der Waals surface area contributed by atoms with Crippen molar-refractivity contribution in [2.45, 2.75) is 50.5 Å². The summed E-state index contributed by atoms with van der Waals surface area (Å²) in [5.74, 6) is 1.34. The molecule has 6 nitrogen and oxygen atoms in total. The third kappa shape index (κ3) is 4.57. The van der Waals surface area contributed by atoms with E-state index in [0.717, 1.165) is 56.7 Å². The molecule has 2 N–H and O–H groups in total. The molecule has 3 rings (SSSR count). The second kappa shape index (κ2) is 8.39. The molecule has 0 unspecified atom stereocenters. The summed E-state index contributed by atoms with van der Waals surface area (Å²) in [7, 11) is -3.37. The van der Waals surface area contributed by atoms with Crippen molar-refractivity contribution in [3.63, 3.8) is 0 Å². The first kappa shape index (κ1) is 19.2. The average Bonchev–Trinajstić information content (AvgIpc) is 2.67. The molecule has 0 spiro atoms.